The molecule has 0 amide bonds. The first-order valence-corrected chi connectivity index (χ1v) is 9.20. The second kappa shape index (κ2) is 8.99. The highest BCUT2D eigenvalue weighted by Gasteiger charge is 2.21. The van der Waals surface area contributed by atoms with Crippen molar-refractivity contribution in [1.82, 2.24) is 10.7 Å². The summed E-state index contributed by atoms with van der Waals surface area (Å²) < 4.78 is 5.61. The van der Waals surface area contributed by atoms with Crippen molar-refractivity contribution >= 4 is 29.0 Å². The normalized spacial score (nSPS) is 21.0. The van der Waals surface area contributed by atoms with E-state index in [0.29, 0.717) is 29.3 Å². The van der Waals surface area contributed by atoms with Crippen LogP contribution >= 0.6 is 12.2 Å². The second-order valence-electron chi connectivity index (χ2n) is 6.73. The Labute approximate surface area is 154 Å². The molecule has 1 aliphatic carbocycles. The van der Waals surface area contributed by atoms with E-state index in [0.717, 1.165) is 23.5 Å². The van der Waals surface area contributed by atoms with Gasteiger partial charge in [-0.25, -0.2) is 0 Å². The zero-order valence-corrected chi connectivity index (χ0v) is 15.9. The molecule has 0 aromatic carbocycles. The second-order valence-corrected chi connectivity index (χ2v) is 7.14. The molecule has 2 atom stereocenters. The number of aryl methyl sites for hydroxylation is 2. The standard InChI is InChI=1S/C18H27N3O3S/c1-11-6-4-5-7-16(11)19-18(25)21-20-12(2)15-10-14(24-13(15)3)8-9-17(22)23/h10-11,16H,4-9H2,1-3H3,(H,22,23)(H2,19,21,25)/b20-12-/t11-,16-/m0/s1. The maximum atomic E-state index is 10.7. The van der Waals surface area contributed by atoms with Gasteiger partial charge in [-0.05, 0) is 50.9 Å². The fourth-order valence-electron chi connectivity index (χ4n) is 3.18. The SMILES string of the molecule is C/C(=N/NC(=S)N[C@H]1CCCC[C@@H]1C)c1cc(CCC(=O)O)oc1C. The summed E-state index contributed by atoms with van der Waals surface area (Å²) in [4.78, 5) is 10.7. The van der Waals surface area contributed by atoms with Crippen molar-refractivity contribution in [2.24, 2.45) is 11.0 Å². The van der Waals surface area contributed by atoms with Gasteiger partial charge in [0.2, 0.25) is 0 Å². The van der Waals surface area contributed by atoms with Gasteiger partial charge in [-0.3, -0.25) is 10.2 Å². The summed E-state index contributed by atoms with van der Waals surface area (Å²) in [6.07, 6.45) is 5.32. The minimum absolute atomic E-state index is 0.0500. The Morgan fingerprint density at radius 3 is 2.84 bits per heavy atom. The summed E-state index contributed by atoms with van der Waals surface area (Å²) in [6, 6.07) is 2.25. The highest BCUT2D eigenvalue weighted by atomic mass is 32.1. The molecule has 1 heterocycles. The van der Waals surface area contributed by atoms with Crippen molar-refractivity contribution in [3.05, 3.63) is 23.2 Å². The van der Waals surface area contributed by atoms with E-state index >= 15 is 0 Å². The number of carbonyl (C=O) groups is 1. The molecule has 0 aliphatic heterocycles. The van der Waals surface area contributed by atoms with Gasteiger partial charge in [-0.2, -0.15) is 5.10 Å². The van der Waals surface area contributed by atoms with Crippen LogP contribution in [0.4, 0.5) is 0 Å². The van der Waals surface area contributed by atoms with Crippen LogP contribution < -0.4 is 10.7 Å². The van der Waals surface area contributed by atoms with Crippen molar-refractivity contribution in [2.75, 3.05) is 0 Å². The smallest absolute Gasteiger partial charge is 0.303 e. The molecular weight excluding hydrogens is 338 g/mol. The third-order valence-corrected chi connectivity index (χ3v) is 4.91. The average molecular weight is 365 g/mol. The quantitative estimate of drug-likeness (QED) is 0.407. The van der Waals surface area contributed by atoms with Gasteiger partial charge in [0.1, 0.15) is 11.5 Å². The zero-order valence-electron chi connectivity index (χ0n) is 15.1. The summed E-state index contributed by atoms with van der Waals surface area (Å²) in [5.41, 5.74) is 4.52. The summed E-state index contributed by atoms with van der Waals surface area (Å²) in [5, 5.41) is 17.0. The number of nitrogens with zero attached hydrogens (tertiary/aromatic N) is 1. The van der Waals surface area contributed by atoms with Gasteiger partial charge in [0.05, 0.1) is 12.1 Å². The fraction of sp³-hybridized carbons (Fsp3) is 0.611. The average Bonchev–Trinajstić information content (AvgIpc) is 2.94. The predicted molar refractivity (Wildman–Crippen MR) is 102 cm³/mol. The first-order chi connectivity index (χ1) is 11.9. The zero-order chi connectivity index (χ0) is 18.4. The van der Waals surface area contributed by atoms with Crippen LogP contribution in [0.25, 0.3) is 0 Å². The van der Waals surface area contributed by atoms with Crippen LogP contribution in [0.5, 0.6) is 0 Å². The maximum absolute atomic E-state index is 10.7. The van der Waals surface area contributed by atoms with Crippen molar-refractivity contribution in [3.63, 3.8) is 0 Å². The van der Waals surface area contributed by atoms with E-state index < -0.39 is 5.97 Å². The van der Waals surface area contributed by atoms with Gasteiger partial charge < -0.3 is 14.8 Å². The van der Waals surface area contributed by atoms with Gasteiger partial charge in [0.25, 0.3) is 0 Å². The lowest BCUT2D eigenvalue weighted by Gasteiger charge is -2.30. The van der Waals surface area contributed by atoms with Gasteiger partial charge in [0, 0.05) is 18.0 Å². The Morgan fingerprint density at radius 2 is 2.16 bits per heavy atom. The Morgan fingerprint density at radius 1 is 1.44 bits per heavy atom. The molecule has 6 nitrogen and oxygen atoms in total. The molecule has 138 valence electrons. The third-order valence-electron chi connectivity index (χ3n) is 4.70. The maximum Gasteiger partial charge on any atom is 0.303 e. The largest absolute Gasteiger partial charge is 0.481 e. The fourth-order valence-corrected chi connectivity index (χ4v) is 3.38. The lowest BCUT2D eigenvalue weighted by atomic mass is 9.86. The lowest BCUT2D eigenvalue weighted by Crippen LogP contribution is -2.44. The molecule has 0 saturated heterocycles. The van der Waals surface area contributed by atoms with Crippen molar-refractivity contribution in [3.8, 4) is 0 Å². The molecule has 1 fully saturated rings. The van der Waals surface area contributed by atoms with Gasteiger partial charge >= 0.3 is 5.97 Å². The first kappa shape index (κ1) is 19.4. The van der Waals surface area contributed by atoms with E-state index in [1.165, 1.54) is 19.3 Å². The van der Waals surface area contributed by atoms with Crippen LogP contribution in [0.15, 0.2) is 15.6 Å². The minimum atomic E-state index is -0.837. The lowest BCUT2D eigenvalue weighted by molar-refractivity contribution is -0.137. The molecule has 1 aromatic heterocycles. The molecule has 3 N–H and O–H groups in total. The topological polar surface area (TPSA) is 86.9 Å². The van der Waals surface area contributed by atoms with Gasteiger partial charge in [0.15, 0.2) is 5.11 Å². The number of hydrazone groups is 1. The molecule has 0 bridgehead atoms. The summed E-state index contributed by atoms with van der Waals surface area (Å²) in [6.45, 7) is 5.97. The monoisotopic (exact) mass is 365 g/mol. The third kappa shape index (κ3) is 5.85. The number of nitrogens with one attached hydrogen (secondary N) is 2. The van der Waals surface area contributed by atoms with Crippen LogP contribution in [-0.4, -0.2) is 27.9 Å². The van der Waals surface area contributed by atoms with Gasteiger partial charge in [-0.15, -0.1) is 0 Å². The summed E-state index contributed by atoms with van der Waals surface area (Å²) in [7, 11) is 0. The number of furan rings is 1. The summed E-state index contributed by atoms with van der Waals surface area (Å²) in [5.74, 6) is 1.16. The Balaban J connectivity index is 1.91. The predicted octanol–water partition coefficient (Wildman–Crippen LogP) is 3.37. The molecule has 2 rings (SSSR count). The molecule has 1 saturated carbocycles. The molecule has 25 heavy (non-hydrogen) atoms. The van der Waals surface area contributed by atoms with E-state index in [1.54, 1.807) is 0 Å². The molecule has 0 spiro atoms. The number of carboxylic acids is 1. The Bertz CT molecular complexity index is 654. The number of thiocarbonyl (C=S) groups is 1. The van der Waals surface area contributed by atoms with Crippen LogP contribution in [-0.2, 0) is 11.2 Å². The van der Waals surface area contributed by atoms with Crippen LogP contribution in [0.1, 0.15) is 63.0 Å². The number of aliphatic carboxylic acids is 1. The molecule has 0 radical (unpaired) electrons. The highest BCUT2D eigenvalue weighted by molar-refractivity contribution is 7.80. The molecule has 0 unspecified atom stereocenters. The van der Waals surface area contributed by atoms with E-state index in [-0.39, 0.29) is 6.42 Å². The van der Waals surface area contributed by atoms with E-state index in [2.05, 4.69) is 22.8 Å². The van der Waals surface area contributed by atoms with Crippen molar-refractivity contribution in [2.45, 2.75) is 65.3 Å². The number of hydrogen-bond donors (Lipinski definition) is 3. The Kier molecular flexibility index (Phi) is 6.99. The molecule has 1 aliphatic rings. The van der Waals surface area contributed by atoms with Crippen LogP contribution in [0, 0.1) is 12.8 Å². The molecule has 7 heteroatoms. The molecule has 1 aromatic rings. The summed E-state index contributed by atoms with van der Waals surface area (Å²) >= 11 is 5.35. The van der Waals surface area contributed by atoms with Crippen molar-refractivity contribution < 1.29 is 14.3 Å². The number of rotatable bonds is 6. The van der Waals surface area contributed by atoms with Crippen LogP contribution in [0.2, 0.25) is 0 Å². The van der Waals surface area contributed by atoms with Gasteiger partial charge in [-0.1, -0.05) is 19.8 Å². The highest BCUT2D eigenvalue weighted by Crippen LogP contribution is 2.23. The van der Waals surface area contributed by atoms with E-state index in [1.807, 2.05) is 19.9 Å². The number of carboxylic acid groups (broad SMARTS) is 1. The first-order valence-electron chi connectivity index (χ1n) is 8.79. The number of hydrogen-bond acceptors (Lipinski definition) is 4. The van der Waals surface area contributed by atoms with Crippen molar-refractivity contribution in [1.29, 1.82) is 0 Å². The van der Waals surface area contributed by atoms with E-state index in [4.69, 9.17) is 21.7 Å². The van der Waals surface area contributed by atoms with Crippen LogP contribution in [0.3, 0.4) is 0 Å². The Hall–Kier alpha value is -1.89. The van der Waals surface area contributed by atoms with E-state index in [9.17, 15) is 4.79 Å². The minimum Gasteiger partial charge on any atom is -0.481 e. The molecular formula is C18H27N3O3S.